The highest BCUT2D eigenvalue weighted by Gasteiger charge is 2.33. The molecule has 2 amide bonds. The molecule has 34 heavy (non-hydrogen) atoms. The summed E-state index contributed by atoms with van der Waals surface area (Å²) in [6.45, 7) is 3.22. The molecule has 0 aromatic heterocycles. The van der Waals surface area contributed by atoms with Gasteiger partial charge in [-0.3, -0.25) is 9.59 Å². The van der Waals surface area contributed by atoms with E-state index in [9.17, 15) is 23.2 Å². The topological polar surface area (TPSA) is 95.9 Å². The first-order chi connectivity index (χ1) is 16.2. The van der Waals surface area contributed by atoms with Gasteiger partial charge in [-0.05, 0) is 36.1 Å². The molecule has 2 unspecified atom stereocenters. The number of aliphatic carboxylic acids is 1. The van der Waals surface area contributed by atoms with Gasteiger partial charge in [-0.15, -0.1) is 0 Å². The summed E-state index contributed by atoms with van der Waals surface area (Å²) in [7, 11) is 0. The summed E-state index contributed by atoms with van der Waals surface area (Å²) in [4.78, 5) is 37.6. The van der Waals surface area contributed by atoms with Crippen molar-refractivity contribution in [3.8, 4) is 11.1 Å². The fourth-order valence-electron chi connectivity index (χ4n) is 4.43. The molecule has 2 aromatic rings. The molecule has 0 aliphatic heterocycles. The Kier molecular flexibility index (Phi) is 8.20. The van der Waals surface area contributed by atoms with E-state index in [2.05, 4.69) is 5.32 Å². The number of fused-ring (bicyclic) bond motifs is 3. The average molecular weight is 475 g/mol. The number of alkyl halides is 2. The van der Waals surface area contributed by atoms with Gasteiger partial charge in [0.25, 0.3) is 0 Å². The van der Waals surface area contributed by atoms with E-state index in [0.29, 0.717) is 0 Å². The van der Waals surface area contributed by atoms with Gasteiger partial charge in [-0.1, -0.05) is 48.5 Å². The van der Waals surface area contributed by atoms with Crippen LogP contribution in [0.2, 0.25) is 0 Å². The number of nitrogens with one attached hydrogen (secondary N) is 1. The molecule has 0 saturated heterocycles. The third-order valence-electron chi connectivity index (χ3n) is 5.97. The summed E-state index contributed by atoms with van der Waals surface area (Å²) in [6.07, 6.45) is -5.08. The molecule has 0 heterocycles. The Morgan fingerprint density at radius 1 is 1.06 bits per heavy atom. The number of hydrogen-bond acceptors (Lipinski definition) is 4. The first-order valence-electron chi connectivity index (χ1n) is 11.1. The Bertz CT molecular complexity index is 1000. The number of nitrogens with zero attached hydrogens (tertiary/aromatic N) is 1. The number of ether oxygens (including phenoxy) is 1. The number of likely N-dealkylation sites (N-methyl/N-ethyl adjacent to an activating group) is 1. The van der Waals surface area contributed by atoms with Crippen LogP contribution < -0.4 is 5.32 Å². The highest BCUT2D eigenvalue weighted by atomic mass is 19.3. The molecule has 2 N–H and O–H groups in total. The van der Waals surface area contributed by atoms with Gasteiger partial charge in [0.2, 0.25) is 12.3 Å². The molecule has 182 valence electrons. The number of carboxylic acids is 1. The van der Waals surface area contributed by atoms with Crippen LogP contribution in [-0.4, -0.2) is 59.6 Å². The van der Waals surface area contributed by atoms with Crippen LogP contribution in [0.4, 0.5) is 13.6 Å². The Labute approximate surface area is 196 Å². The van der Waals surface area contributed by atoms with Crippen molar-refractivity contribution in [1.29, 1.82) is 0 Å². The second kappa shape index (κ2) is 11.1. The molecule has 0 bridgehead atoms. The Balaban J connectivity index is 1.70. The van der Waals surface area contributed by atoms with Crippen molar-refractivity contribution in [3.05, 3.63) is 59.7 Å². The van der Waals surface area contributed by atoms with Crippen molar-refractivity contribution < 1.29 is 33.0 Å². The second-order valence-electron chi connectivity index (χ2n) is 8.22. The summed E-state index contributed by atoms with van der Waals surface area (Å²) in [5, 5.41) is 11.3. The number of carboxylic acid groups (broad SMARTS) is 1. The largest absolute Gasteiger partial charge is 0.481 e. The molecule has 9 heteroatoms. The van der Waals surface area contributed by atoms with E-state index in [1.165, 1.54) is 11.8 Å². The van der Waals surface area contributed by atoms with Crippen molar-refractivity contribution in [2.75, 3.05) is 13.2 Å². The van der Waals surface area contributed by atoms with Gasteiger partial charge >= 0.3 is 12.1 Å². The fraction of sp³-hybridized carbons (Fsp3) is 0.400. The van der Waals surface area contributed by atoms with Gasteiger partial charge in [0.15, 0.2) is 0 Å². The molecular weight excluding hydrogens is 446 g/mol. The number of benzene rings is 2. The second-order valence-corrected chi connectivity index (χ2v) is 8.22. The standard InChI is InChI=1S/C25H28F2N2O5/c1-3-29(15(2)12-23(30)31)24(32)21(13-22(26)27)28-25(33)34-14-20-18-10-6-4-8-16(18)17-9-5-7-11-19(17)20/h4-11,15,20-22H,3,12-14H2,1-2H3,(H,28,33)(H,30,31). The first-order valence-corrected chi connectivity index (χ1v) is 11.1. The molecule has 1 aliphatic rings. The molecule has 1 aliphatic carbocycles. The van der Waals surface area contributed by atoms with E-state index in [-0.39, 0.29) is 25.5 Å². The molecule has 0 fully saturated rings. The Hall–Kier alpha value is -3.49. The lowest BCUT2D eigenvalue weighted by Crippen LogP contribution is -2.52. The van der Waals surface area contributed by atoms with Crippen molar-refractivity contribution >= 4 is 18.0 Å². The number of carbonyl (C=O) groups is 3. The lowest BCUT2D eigenvalue weighted by atomic mass is 9.98. The number of hydrogen-bond donors (Lipinski definition) is 2. The van der Waals surface area contributed by atoms with E-state index >= 15 is 0 Å². The third kappa shape index (κ3) is 5.70. The van der Waals surface area contributed by atoms with Gasteiger partial charge in [-0.25, -0.2) is 13.6 Å². The summed E-state index contributed by atoms with van der Waals surface area (Å²) >= 11 is 0. The number of carbonyl (C=O) groups excluding carboxylic acids is 2. The molecule has 3 rings (SSSR count). The summed E-state index contributed by atoms with van der Waals surface area (Å²) in [5.41, 5.74) is 4.08. The molecule has 0 saturated carbocycles. The summed E-state index contributed by atoms with van der Waals surface area (Å²) in [6, 6.07) is 13.3. The quantitative estimate of drug-likeness (QED) is 0.537. The van der Waals surface area contributed by atoms with E-state index < -0.39 is 42.9 Å². The maximum absolute atomic E-state index is 13.2. The van der Waals surface area contributed by atoms with Gasteiger partial charge < -0.3 is 20.1 Å². The predicted molar refractivity (Wildman–Crippen MR) is 122 cm³/mol. The average Bonchev–Trinajstić information content (AvgIpc) is 3.10. The molecule has 7 nitrogen and oxygen atoms in total. The fourth-order valence-corrected chi connectivity index (χ4v) is 4.43. The SMILES string of the molecule is CCN(C(=O)C(CC(F)F)NC(=O)OCC1c2ccccc2-c2ccccc21)C(C)CC(=O)O. The van der Waals surface area contributed by atoms with Crippen LogP contribution in [0.1, 0.15) is 43.7 Å². The highest BCUT2D eigenvalue weighted by Crippen LogP contribution is 2.44. The third-order valence-corrected chi connectivity index (χ3v) is 5.97. The van der Waals surface area contributed by atoms with Gasteiger partial charge in [0.1, 0.15) is 12.6 Å². The molecule has 2 atom stereocenters. The van der Waals surface area contributed by atoms with Crippen LogP contribution in [-0.2, 0) is 14.3 Å². The minimum absolute atomic E-state index is 0.0254. The van der Waals surface area contributed by atoms with Gasteiger partial charge in [-0.2, -0.15) is 0 Å². The van der Waals surface area contributed by atoms with Crippen LogP contribution in [0, 0.1) is 0 Å². The Morgan fingerprint density at radius 2 is 1.62 bits per heavy atom. The molecule has 0 radical (unpaired) electrons. The Morgan fingerprint density at radius 3 is 2.12 bits per heavy atom. The lowest BCUT2D eigenvalue weighted by Gasteiger charge is -2.31. The number of rotatable bonds is 10. The van der Waals surface area contributed by atoms with Gasteiger partial charge in [0.05, 0.1) is 6.42 Å². The molecular formula is C25H28F2N2O5. The predicted octanol–water partition coefficient (Wildman–Crippen LogP) is 4.26. The van der Waals surface area contributed by atoms with Crippen LogP contribution >= 0.6 is 0 Å². The number of alkyl carbamates (subject to hydrolysis) is 1. The van der Waals surface area contributed by atoms with Crippen LogP contribution in [0.5, 0.6) is 0 Å². The van der Waals surface area contributed by atoms with Crippen LogP contribution in [0.3, 0.4) is 0 Å². The van der Waals surface area contributed by atoms with E-state index in [0.717, 1.165) is 22.3 Å². The minimum atomic E-state index is -2.85. The van der Waals surface area contributed by atoms with Crippen molar-refractivity contribution in [3.63, 3.8) is 0 Å². The zero-order valence-corrected chi connectivity index (χ0v) is 19.0. The maximum atomic E-state index is 13.2. The summed E-state index contributed by atoms with van der Waals surface area (Å²) in [5.74, 6) is -2.11. The highest BCUT2D eigenvalue weighted by molar-refractivity contribution is 5.86. The monoisotopic (exact) mass is 474 g/mol. The van der Waals surface area contributed by atoms with Crippen molar-refractivity contribution in [1.82, 2.24) is 10.2 Å². The molecule has 2 aromatic carbocycles. The first kappa shape index (κ1) is 25.1. The zero-order chi connectivity index (χ0) is 24.8. The molecule has 0 spiro atoms. The van der Waals surface area contributed by atoms with Crippen LogP contribution in [0.25, 0.3) is 11.1 Å². The van der Waals surface area contributed by atoms with E-state index in [1.54, 1.807) is 6.92 Å². The van der Waals surface area contributed by atoms with Crippen LogP contribution in [0.15, 0.2) is 48.5 Å². The number of amides is 2. The lowest BCUT2D eigenvalue weighted by molar-refractivity contribution is -0.141. The van der Waals surface area contributed by atoms with Crippen molar-refractivity contribution in [2.45, 2.75) is 51.1 Å². The van der Waals surface area contributed by atoms with E-state index in [1.807, 2.05) is 48.5 Å². The zero-order valence-electron chi connectivity index (χ0n) is 19.0. The van der Waals surface area contributed by atoms with Crippen molar-refractivity contribution in [2.24, 2.45) is 0 Å². The van der Waals surface area contributed by atoms with E-state index in [4.69, 9.17) is 9.84 Å². The smallest absolute Gasteiger partial charge is 0.407 e. The maximum Gasteiger partial charge on any atom is 0.407 e. The normalized spacial score (nSPS) is 14.1. The summed E-state index contributed by atoms with van der Waals surface area (Å²) < 4.78 is 31.7. The van der Waals surface area contributed by atoms with Gasteiger partial charge in [0, 0.05) is 24.9 Å². The number of halogens is 2. The minimum Gasteiger partial charge on any atom is -0.481 e.